The van der Waals surface area contributed by atoms with Gasteiger partial charge in [0.25, 0.3) is 0 Å². The molecule has 0 unspecified atom stereocenters. The lowest BCUT2D eigenvalue weighted by Crippen LogP contribution is -2.06. The Morgan fingerprint density at radius 1 is 1.33 bits per heavy atom. The van der Waals surface area contributed by atoms with E-state index < -0.39 is 0 Å². The first-order chi connectivity index (χ1) is 8.69. The first-order valence-corrected chi connectivity index (χ1v) is 5.68. The third kappa shape index (κ3) is 1.93. The lowest BCUT2D eigenvalue weighted by Gasteiger charge is -2.12. The molecule has 0 saturated heterocycles. The van der Waals surface area contributed by atoms with Gasteiger partial charge in [0.15, 0.2) is 5.69 Å². The number of rotatable bonds is 3. The minimum absolute atomic E-state index is 0.152. The van der Waals surface area contributed by atoms with E-state index in [2.05, 4.69) is 16.4 Å². The van der Waals surface area contributed by atoms with Crippen LogP contribution in [0.15, 0.2) is 24.3 Å². The molecule has 0 amide bonds. The average Bonchev–Trinajstić information content (AvgIpc) is 2.82. The standard InChI is InChI=1S/C13H14N4O/c1-9(2)13-10(8-14)15-16-17(13)11-6-4-5-7-12(11)18-3/h4-7,9H,1-3H3. The second kappa shape index (κ2) is 4.88. The van der Waals surface area contributed by atoms with Crippen molar-refractivity contribution in [2.75, 3.05) is 7.11 Å². The van der Waals surface area contributed by atoms with E-state index >= 15 is 0 Å². The van der Waals surface area contributed by atoms with Gasteiger partial charge in [0.05, 0.1) is 12.8 Å². The topological polar surface area (TPSA) is 63.7 Å². The molecule has 1 aromatic heterocycles. The van der Waals surface area contributed by atoms with Crippen LogP contribution in [0.3, 0.4) is 0 Å². The molecule has 1 heterocycles. The molecule has 0 N–H and O–H groups in total. The quantitative estimate of drug-likeness (QED) is 0.828. The van der Waals surface area contributed by atoms with Crippen LogP contribution >= 0.6 is 0 Å². The summed E-state index contributed by atoms with van der Waals surface area (Å²) in [4.78, 5) is 0. The Morgan fingerprint density at radius 2 is 2.06 bits per heavy atom. The maximum absolute atomic E-state index is 9.06. The predicted molar refractivity (Wildman–Crippen MR) is 66.7 cm³/mol. The number of hydrogen-bond acceptors (Lipinski definition) is 4. The van der Waals surface area contributed by atoms with E-state index in [0.717, 1.165) is 11.4 Å². The van der Waals surface area contributed by atoms with E-state index in [1.165, 1.54) is 0 Å². The zero-order chi connectivity index (χ0) is 13.1. The zero-order valence-electron chi connectivity index (χ0n) is 10.6. The van der Waals surface area contributed by atoms with Gasteiger partial charge in [0.1, 0.15) is 17.5 Å². The Bertz CT molecular complexity index is 595. The van der Waals surface area contributed by atoms with Crippen molar-refractivity contribution in [1.82, 2.24) is 15.0 Å². The predicted octanol–water partition coefficient (Wildman–Crippen LogP) is 2.27. The number of methoxy groups -OCH3 is 1. The summed E-state index contributed by atoms with van der Waals surface area (Å²) in [5, 5.41) is 17.0. The van der Waals surface area contributed by atoms with Crippen LogP contribution in [-0.4, -0.2) is 22.1 Å². The molecule has 92 valence electrons. The summed E-state index contributed by atoms with van der Waals surface area (Å²) in [5.74, 6) is 0.855. The van der Waals surface area contributed by atoms with E-state index in [1.54, 1.807) is 11.8 Å². The van der Waals surface area contributed by atoms with Crippen molar-refractivity contribution in [2.45, 2.75) is 19.8 Å². The van der Waals surface area contributed by atoms with Gasteiger partial charge in [0, 0.05) is 0 Å². The highest BCUT2D eigenvalue weighted by Crippen LogP contribution is 2.26. The molecule has 5 heteroatoms. The molecule has 18 heavy (non-hydrogen) atoms. The van der Waals surface area contributed by atoms with Gasteiger partial charge >= 0.3 is 0 Å². The highest BCUT2D eigenvalue weighted by molar-refractivity contribution is 5.48. The van der Waals surface area contributed by atoms with Crippen molar-refractivity contribution >= 4 is 0 Å². The Balaban J connectivity index is 2.65. The first-order valence-electron chi connectivity index (χ1n) is 5.68. The van der Waals surface area contributed by atoms with Crippen LogP contribution in [0.1, 0.15) is 31.2 Å². The second-order valence-corrected chi connectivity index (χ2v) is 4.17. The summed E-state index contributed by atoms with van der Waals surface area (Å²) < 4.78 is 6.97. The minimum Gasteiger partial charge on any atom is -0.494 e. The molecule has 0 saturated carbocycles. The lowest BCUT2D eigenvalue weighted by molar-refractivity contribution is 0.410. The lowest BCUT2D eigenvalue weighted by atomic mass is 10.1. The SMILES string of the molecule is COc1ccccc1-n1nnc(C#N)c1C(C)C. The van der Waals surface area contributed by atoms with Gasteiger partial charge < -0.3 is 4.74 Å². The monoisotopic (exact) mass is 242 g/mol. The normalized spacial score (nSPS) is 10.4. The van der Waals surface area contributed by atoms with Gasteiger partial charge in [-0.1, -0.05) is 31.2 Å². The van der Waals surface area contributed by atoms with E-state index in [4.69, 9.17) is 10.00 Å². The molecule has 0 aliphatic rings. The fraction of sp³-hybridized carbons (Fsp3) is 0.308. The fourth-order valence-corrected chi connectivity index (χ4v) is 1.87. The number of hydrogen-bond donors (Lipinski definition) is 0. The molecule has 0 spiro atoms. The van der Waals surface area contributed by atoms with E-state index in [9.17, 15) is 0 Å². The molecule has 0 bridgehead atoms. The van der Waals surface area contributed by atoms with Crippen LogP contribution in [-0.2, 0) is 0 Å². The van der Waals surface area contributed by atoms with Crippen molar-refractivity contribution in [1.29, 1.82) is 5.26 Å². The number of nitrogens with zero attached hydrogens (tertiary/aromatic N) is 4. The second-order valence-electron chi connectivity index (χ2n) is 4.17. The van der Waals surface area contributed by atoms with E-state index in [0.29, 0.717) is 11.4 Å². The van der Waals surface area contributed by atoms with Gasteiger partial charge in [-0.3, -0.25) is 0 Å². The molecular weight excluding hydrogens is 228 g/mol. The summed E-state index contributed by atoms with van der Waals surface area (Å²) in [6.07, 6.45) is 0. The Labute approximate surface area is 106 Å². The van der Waals surface area contributed by atoms with Gasteiger partial charge in [-0.15, -0.1) is 5.10 Å². The van der Waals surface area contributed by atoms with Gasteiger partial charge in [0.2, 0.25) is 0 Å². The number of ether oxygens (including phenoxy) is 1. The van der Waals surface area contributed by atoms with Crippen LogP contribution in [0, 0.1) is 11.3 Å². The molecule has 0 aliphatic carbocycles. The summed E-state index contributed by atoms with van der Waals surface area (Å²) in [6.45, 7) is 4.01. The highest BCUT2D eigenvalue weighted by Gasteiger charge is 2.18. The number of nitriles is 1. The molecule has 0 radical (unpaired) electrons. The van der Waals surface area contributed by atoms with Gasteiger partial charge in [-0.05, 0) is 18.1 Å². The molecule has 0 fully saturated rings. The summed E-state index contributed by atoms with van der Waals surface area (Å²) in [5.41, 5.74) is 1.94. The summed E-state index contributed by atoms with van der Waals surface area (Å²) in [7, 11) is 1.61. The summed E-state index contributed by atoms with van der Waals surface area (Å²) >= 11 is 0. The Hall–Kier alpha value is -2.35. The van der Waals surface area contributed by atoms with Crippen LogP contribution in [0.25, 0.3) is 5.69 Å². The van der Waals surface area contributed by atoms with Crippen molar-refractivity contribution in [2.24, 2.45) is 0 Å². The Morgan fingerprint density at radius 3 is 2.67 bits per heavy atom. The van der Waals surface area contributed by atoms with Crippen molar-refractivity contribution in [3.63, 3.8) is 0 Å². The first kappa shape index (κ1) is 12.1. The average molecular weight is 242 g/mol. The number of para-hydroxylation sites is 2. The molecule has 2 rings (SSSR count). The van der Waals surface area contributed by atoms with Crippen molar-refractivity contribution in [3.05, 3.63) is 35.7 Å². The van der Waals surface area contributed by atoms with Crippen molar-refractivity contribution in [3.8, 4) is 17.5 Å². The molecule has 1 aromatic carbocycles. The van der Waals surface area contributed by atoms with Gasteiger partial charge in [-0.25, -0.2) is 4.68 Å². The maximum Gasteiger partial charge on any atom is 0.186 e. The third-order valence-electron chi connectivity index (χ3n) is 2.67. The molecule has 2 aromatic rings. The van der Waals surface area contributed by atoms with Crippen LogP contribution in [0.2, 0.25) is 0 Å². The highest BCUT2D eigenvalue weighted by atomic mass is 16.5. The van der Waals surface area contributed by atoms with Crippen LogP contribution < -0.4 is 4.74 Å². The van der Waals surface area contributed by atoms with E-state index in [-0.39, 0.29) is 5.92 Å². The van der Waals surface area contributed by atoms with Crippen LogP contribution in [0.4, 0.5) is 0 Å². The molecule has 0 atom stereocenters. The Kier molecular flexibility index (Phi) is 3.28. The smallest absolute Gasteiger partial charge is 0.186 e. The van der Waals surface area contributed by atoms with Gasteiger partial charge in [-0.2, -0.15) is 5.26 Å². The molecule has 0 aliphatic heterocycles. The third-order valence-corrected chi connectivity index (χ3v) is 2.67. The van der Waals surface area contributed by atoms with E-state index in [1.807, 2.05) is 38.1 Å². The number of benzene rings is 1. The van der Waals surface area contributed by atoms with Crippen LogP contribution in [0.5, 0.6) is 5.75 Å². The minimum atomic E-state index is 0.152. The maximum atomic E-state index is 9.06. The van der Waals surface area contributed by atoms with Crippen molar-refractivity contribution < 1.29 is 4.74 Å². The summed E-state index contributed by atoms with van der Waals surface area (Å²) in [6, 6.07) is 9.60. The molecular formula is C13H14N4O. The largest absolute Gasteiger partial charge is 0.494 e. The number of aromatic nitrogens is 3. The molecule has 5 nitrogen and oxygen atoms in total. The zero-order valence-corrected chi connectivity index (χ0v) is 10.6. The fourth-order valence-electron chi connectivity index (χ4n) is 1.87.